The van der Waals surface area contributed by atoms with Crippen LogP contribution in [0.5, 0.6) is 0 Å². The number of hydrogen-bond acceptors (Lipinski definition) is 3. The van der Waals surface area contributed by atoms with E-state index in [4.69, 9.17) is 0 Å². The highest BCUT2D eigenvalue weighted by molar-refractivity contribution is 5.74. The average Bonchev–Trinajstić information content (AvgIpc) is 2.21. The quantitative estimate of drug-likeness (QED) is 0.513. The smallest absolute Gasteiger partial charge is 0.314 e. The zero-order valence-corrected chi connectivity index (χ0v) is 10.3. The Labute approximate surface area is 96.9 Å². The molecule has 0 spiro atoms. The van der Waals surface area contributed by atoms with Crippen molar-refractivity contribution in [1.29, 1.82) is 0 Å². The summed E-state index contributed by atoms with van der Waals surface area (Å²) in [6, 6.07) is 0.0160. The van der Waals surface area contributed by atoms with Crippen molar-refractivity contribution in [2.24, 2.45) is 0 Å². The Morgan fingerprint density at radius 3 is 2.44 bits per heavy atom. The Kier molecular flexibility index (Phi) is 8.29. The van der Waals surface area contributed by atoms with E-state index in [1.165, 1.54) is 7.11 Å². The highest BCUT2D eigenvalue weighted by Gasteiger charge is 2.02. The molecule has 94 valence electrons. The van der Waals surface area contributed by atoms with E-state index in [0.29, 0.717) is 13.0 Å². The lowest BCUT2D eigenvalue weighted by Crippen LogP contribution is -2.39. The average molecular weight is 230 g/mol. The van der Waals surface area contributed by atoms with Gasteiger partial charge in [-0.2, -0.15) is 0 Å². The topological polar surface area (TPSA) is 67.4 Å². The minimum absolute atomic E-state index is 0.136. The molecule has 5 heteroatoms. The monoisotopic (exact) mass is 230 g/mol. The SMILES string of the molecule is COC(=O)CCCCCNC(=O)NC(C)C. The molecule has 2 N–H and O–H groups in total. The first-order valence-corrected chi connectivity index (χ1v) is 5.67. The van der Waals surface area contributed by atoms with Gasteiger partial charge in [0.15, 0.2) is 0 Å². The van der Waals surface area contributed by atoms with Gasteiger partial charge in [0, 0.05) is 19.0 Å². The van der Waals surface area contributed by atoms with Crippen molar-refractivity contribution in [3.05, 3.63) is 0 Å². The number of esters is 1. The first-order chi connectivity index (χ1) is 7.56. The second kappa shape index (κ2) is 9.00. The summed E-state index contributed by atoms with van der Waals surface area (Å²) in [6.45, 7) is 4.46. The number of carbonyl (C=O) groups excluding carboxylic acids is 2. The minimum atomic E-state index is -0.175. The van der Waals surface area contributed by atoms with Crippen molar-refractivity contribution in [3.8, 4) is 0 Å². The molecule has 0 aliphatic rings. The van der Waals surface area contributed by atoms with Gasteiger partial charge in [-0.3, -0.25) is 4.79 Å². The van der Waals surface area contributed by atoms with E-state index in [-0.39, 0.29) is 18.0 Å². The second-order valence-electron chi connectivity index (χ2n) is 3.94. The van der Waals surface area contributed by atoms with Crippen LogP contribution in [0.25, 0.3) is 0 Å². The molecule has 0 rings (SSSR count). The number of unbranched alkanes of at least 4 members (excludes halogenated alkanes) is 2. The van der Waals surface area contributed by atoms with Gasteiger partial charge in [-0.05, 0) is 26.7 Å². The van der Waals surface area contributed by atoms with Gasteiger partial charge in [0.2, 0.25) is 0 Å². The lowest BCUT2D eigenvalue weighted by atomic mass is 10.2. The normalized spacial score (nSPS) is 10.0. The zero-order valence-electron chi connectivity index (χ0n) is 10.3. The van der Waals surface area contributed by atoms with Crippen LogP contribution in [0.2, 0.25) is 0 Å². The number of nitrogens with one attached hydrogen (secondary N) is 2. The summed E-state index contributed by atoms with van der Waals surface area (Å²) < 4.78 is 4.52. The molecule has 0 saturated heterocycles. The van der Waals surface area contributed by atoms with Crippen LogP contribution in [0.1, 0.15) is 39.5 Å². The lowest BCUT2D eigenvalue weighted by Gasteiger charge is -2.09. The number of urea groups is 1. The molecular formula is C11H22N2O3. The summed E-state index contributed by atoms with van der Waals surface area (Å²) in [5.41, 5.74) is 0. The molecule has 0 atom stereocenters. The highest BCUT2D eigenvalue weighted by atomic mass is 16.5. The molecule has 0 aromatic carbocycles. The third-order valence-corrected chi connectivity index (χ3v) is 1.99. The van der Waals surface area contributed by atoms with Crippen LogP contribution >= 0.6 is 0 Å². The predicted molar refractivity (Wildman–Crippen MR) is 62.2 cm³/mol. The van der Waals surface area contributed by atoms with Crippen molar-refractivity contribution < 1.29 is 14.3 Å². The Bertz CT molecular complexity index is 217. The first kappa shape index (κ1) is 14.7. The summed E-state index contributed by atoms with van der Waals surface area (Å²) in [5, 5.41) is 5.49. The zero-order chi connectivity index (χ0) is 12.4. The van der Waals surface area contributed by atoms with Crippen LogP contribution in [0.15, 0.2) is 0 Å². The number of amides is 2. The van der Waals surface area contributed by atoms with Crippen LogP contribution in [0, 0.1) is 0 Å². The van der Waals surface area contributed by atoms with Crippen molar-refractivity contribution in [2.45, 2.75) is 45.6 Å². The summed E-state index contributed by atoms with van der Waals surface area (Å²) in [6.07, 6.45) is 3.05. The van der Waals surface area contributed by atoms with Crippen LogP contribution in [0.4, 0.5) is 4.79 Å². The van der Waals surface area contributed by atoms with Crippen molar-refractivity contribution in [2.75, 3.05) is 13.7 Å². The third-order valence-electron chi connectivity index (χ3n) is 1.99. The molecular weight excluding hydrogens is 208 g/mol. The number of hydrogen-bond donors (Lipinski definition) is 2. The Balaban J connectivity index is 3.27. The molecule has 0 radical (unpaired) electrons. The first-order valence-electron chi connectivity index (χ1n) is 5.67. The van der Waals surface area contributed by atoms with Crippen molar-refractivity contribution in [3.63, 3.8) is 0 Å². The summed E-state index contributed by atoms with van der Waals surface area (Å²) in [5.74, 6) is -0.175. The third kappa shape index (κ3) is 9.30. The molecule has 0 aliphatic carbocycles. The van der Waals surface area contributed by atoms with E-state index in [1.54, 1.807) is 0 Å². The van der Waals surface area contributed by atoms with Gasteiger partial charge >= 0.3 is 12.0 Å². The molecule has 0 unspecified atom stereocenters. The molecule has 0 aromatic heterocycles. The molecule has 0 saturated carbocycles. The van der Waals surface area contributed by atoms with Crippen LogP contribution < -0.4 is 10.6 Å². The fraction of sp³-hybridized carbons (Fsp3) is 0.818. The van der Waals surface area contributed by atoms with Gasteiger partial charge in [0.05, 0.1) is 7.11 Å². The lowest BCUT2D eigenvalue weighted by molar-refractivity contribution is -0.140. The second-order valence-corrected chi connectivity index (χ2v) is 3.94. The van der Waals surface area contributed by atoms with Gasteiger partial charge in [-0.1, -0.05) is 6.42 Å². The number of carbonyl (C=O) groups is 2. The largest absolute Gasteiger partial charge is 0.469 e. The Hall–Kier alpha value is -1.26. The van der Waals surface area contributed by atoms with E-state index in [2.05, 4.69) is 15.4 Å². The summed E-state index contributed by atoms with van der Waals surface area (Å²) in [7, 11) is 1.39. The van der Waals surface area contributed by atoms with Gasteiger partial charge in [0.25, 0.3) is 0 Å². The molecule has 0 aromatic rings. The van der Waals surface area contributed by atoms with Crippen LogP contribution in [0.3, 0.4) is 0 Å². The van der Waals surface area contributed by atoms with Gasteiger partial charge in [-0.15, -0.1) is 0 Å². The summed E-state index contributed by atoms with van der Waals surface area (Å²) in [4.78, 5) is 21.9. The Morgan fingerprint density at radius 1 is 1.19 bits per heavy atom. The van der Waals surface area contributed by atoms with Crippen LogP contribution in [-0.4, -0.2) is 31.7 Å². The predicted octanol–water partition coefficient (Wildman–Crippen LogP) is 1.43. The molecule has 2 amide bonds. The maximum atomic E-state index is 11.1. The Morgan fingerprint density at radius 2 is 1.88 bits per heavy atom. The van der Waals surface area contributed by atoms with E-state index in [0.717, 1.165) is 19.3 Å². The maximum Gasteiger partial charge on any atom is 0.314 e. The summed E-state index contributed by atoms with van der Waals surface area (Å²) >= 11 is 0. The fourth-order valence-electron chi connectivity index (χ4n) is 1.19. The molecule has 5 nitrogen and oxygen atoms in total. The standard InChI is InChI=1S/C11H22N2O3/c1-9(2)13-11(15)12-8-6-4-5-7-10(14)16-3/h9H,4-8H2,1-3H3,(H2,12,13,15). The van der Waals surface area contributed by atoms with E-state index in [9.17, 15) is 9.59 Å². The fourth-order valence-corrected chi connectivity index (χ4v) is 1.19. The van der Waals surface area contributed by atoms with E-state index in [1.807, 2.05) is 13.8 Å². The highest BCUT2D eigenvalue weighted by Crippen LogP contribution is 1.99. The van der Waals surface area contributed by atoms with E-state index >= 15 is 0 Å². The van der Waals surface area contributed by atoms with Crippen molar-refractivity contribution in [1.82, 2.24) is 10.6 Å². The maximum absolute atomic E-state index is 11.1. The van der Waals surface area contributed by atoms with Gasteiger partial charge in [0.1, 0.15) is 0 Å². The van der Waals surface area contributed by atoms with Gasteiger partial charge in [-0.25, -0.2) is 4.79 Å². The molecule has 16 heavy (non-hydrogen) atoms. The molecule has 0 fully saturated rings. The number of methoxy groups -OCH3 is 1. The molecule has 0 aliphatic heterocycles. The van der Waals surface area contributed by atoms with E-state index < -0.39 is 0 Å². The number of rotatable bonds is 7. The van der Waals surface area contributed by atoms with Gasteiger partial charge < -0.3 is 15.4 Å². The minimum Gasteiger partial charge on any atom is -0.469 e. The number of ether oxygens (including phenoxy) is 1. The van der Waals surface area contributed by atoms with Crippen LogP contribution in [-0.2, 0) is 9.53 Å². The molecule has 0 bridgehead atoms. The molecule has 0 heterocycles. The van der Waals surface area contributed by atoms with Crippen molar-refractivity contribution >= 4 is 12.0 Å².